The van der Waals surface area contributed by atoms with Gasteiger partial charge in [0, 0.05) is 32.1 Å². The number of carbonyl (C=O) groups is 1. The average Bonchev–Trinajstić information content (AvgIpc) is 2.54. The van der Waals surface area contributed by atoms with E-state index in [0.717, 1.165) is 13.0 Å². The highest BCUT2D eigenvalue weighted by Crippen LogP contribution is 2.18. The molecule has 0 spiro atoms. The molecular formula is C10H22N4O2. The standard InChI is InChI=1S/C10H22N4O2/c1-13(2)6-8-5-9(15)7-14(8)4-3-10(16)12-11/h8-9,15H,3-7,11H2,1-2H3,(H,12,16). The minimum absolute atomic E-state index is 0.162. The summed E-state index contributed by atoms with van der Waals surface area (Å²) in [5.41, 5.74) is 2.12. The summed E-state index contributed by atoms with van der Waals surface area (Å²) in [6.45, 7) is 2.20. The molecule has 4 N–H and O–H groups in total. The van der Waals surface area contributed by atoms with Crippen LogP contribution in [0.3, 0.4) is 0 Å². The summed E-state index contributed by atoms with van der Waals surface area (Å²) in [7, 11) is 4.02. The predicted octanol–water partition coefficient (Wildman–Crippen LogP) is -1.64. The van der Waals surface area contributed by atoms with E-state index in [1.807, 2.05) is 14.1 Å². The molecule has 0 saturated carbocycles. The fourth-order valence-electron chi connectivity index (χ4n) is 2.16. The van der Waals surface area contributed by atoms with Crippen molar-refractivity contribution in [1.82, 2.24) is 15.2 Å². The van der Waals surface area contributed by atoms with Crippen molar-refractivity contribution < 1.29 is 9.90 Å². The number of carbonyl (C=O) groups excluding carboxylic acids is 1. The van der Waals surface area contributed by atoms with Crippen molar-refractivity contribution in [2.45, 2.75) is 25.0 Å². The molecule has 1 heterocycles. The van der Waals surface area contributed by atoms with Crippen LogP contribution in [0.2, 0.25) is 0 Å². The van der Waals surface area contributed by atoms with Gasteiger partial charge in [-0.05, 0) is 20.5 Å². The molecular weight excluding hydrogens is 208 g/mol. The first-order valence-electron chi connectivity index (χ1n) is 5.59. The molecule has 0 aromatic rings. The Bertz CT molecular complexity index is 235. The molecule has 6 heteroatoms. The number of nitrogens with one attached hydrogen (secondary N) is 1. The van der Waals surface area contributed by atoms with Gasteiger partial charge in [-0.15, -0.1) is 0 Å². The van der Waals surface area contributed by atoms with E-state index in [-0.39, 0.29) is 12.0 Å². The van der Waals surface area contributed by atoms with Gasteiger partial charge in [0.25, 0.3) is 0 Å². The van der Waals surface area contributed by atoms with Gasteiger partial charge >= 0.3 is 0 Å². The summed E-state index contributed by atoms with van der Waals surface area (Å²) in [4.78, 5) is 15.3. The minimum Gasteiger partial charge on any atom is -0.392 e. The van der Waals surface area contributed by atoms with Crippen LogP contribution >= 0.6 is 0 Å². The highest BCUT2D eigenvalue weighted by molar-refractivity contribution is 5.75. The summed E-state index contributed by atoms with van der Waals surface area (Å²) in [6.07, 6.45) is 0.890. The van der Waals surface area contributed by atoms with E-state index < -0.39 is 0 Å². The molecule has 1 aliphatic heterocycles. The van der Waals surface area contributed by atoms with E-state index in [1.54, 1.807) is 0 Å². The zero-order valence-corrected chi connectivity index (χ0v) is 10.0. The summed E-state index contributed by atoms with van der Waals surface area (Å²) in [6, 6.07) is 0.329. The van der Waals surface area contributed by atoms with Crippen molar-refractivity contribution in [2.24, 2.45) is 5.84 Å². The number of hydrogen-bond acceptors (Lipinski definition) is 5. The molecule has 1 amide bonds. The largest absolute Gasteiger partial charge is 0.392 e. The van der Waals surface area contributed by atoms with Gasteiger partial charge in [0.15, 0.2) is 0 Å². The van der Waals surface area contributed by atoms with Crippen LogP contribution in [0.25, 0.3) is 0 Å². The highest BCUT2D eigenvalue weighted by atomic mass is 16.3. The third-order valence-corrected chi connectivity index (χ3v) is 2.87. The van der Waals surface area contributed by atoms with Gasteiger partial charge in [0.1, 0.15) is 0 Å². The summed E-state index contributed by atoms with van der Waals surface area (Å²) in [5.74, 6) is 4.86. The number of hydrazine groups is 1. The first-order chi connectivity index (χ1) is 7.52. The molecule has 0 bridgehead atoms. The first-order valence-corrected chi connectivity index (χ1v) is 5.59. The normalized spacial score (nSPS) is 26.3. The van der Waals surface area contributed by atoms with Crippen LogP contribution in [0, 0.1) is 0 Å². The number of nitrogens with zero attached hydrogens (tertiary/aromatic N) is 2. The summed E-state index contributed by atoms with van der Waals surface area (Å²) in [5, 5.41) is 9.62. The van der Waals surface area contributed by atoms with E-state index in [0.29, 0.717) is 25.6 Å². The summed E-state index contributed by atoms with van der Waals surface area (Å²) >= 11 is 0. The van der Waals surface area contributed by atoms with Crippen LogP contribution in [0.15, 0.2) is 0 Å². The van der Waals surface area contributed by atoms with E-state index in [1.165, 1.54) is 0 Å². The lowest BCUT2D eigenvalue weighted by Gasteiger charge is -2.26. The zero-order chi connectivity index (χ0) is 12.1. The first kappa shape index (κ1) is 13.4. The van der Waals surface area contributed by atoms with E-state index >= 15 is 0 Å². The number of rotatable bonds is 5. The van der Waals surface area contributed by atoms with Gasteiger partial charge in [0.05, 0.1) is 6.10 Å². The quantitative estimate of drug-likeness (QED) is 0.300. The topological polar surface area (TPSA) is 81.8 Å². The Morgan fingerprint density at radius 2 is 2.31 bits per heavy atom. The monoisotopic (exact) mass is 230 g/mol. The van der Waals surface area contributed by atoms with E-state index in [9.17, 15) is 9.90 Å². The lowest BCUT2D eigenvalue weighted by Crippen LogP contribution is -2.40. The van der Waals surface area contributed by atoms with E-state index in [2.05, 4.69) is 15.2 Å². The number of likely N-dealkylation sites (N-methyl/N-ethyl adjacent to an activating group) is 1. The second-order valence-electron chi connectivity index (χ2n) is 4.62. The second-order valence-corrected chi connectivity index (χ2v) is 4.62. The summed E-state index contributed by atoms with van der Waals surface area (Å²) < 4.78 is 0. The van der Waals surface area contributed by atoms with Crippen LogP contribution in [-0.4, -0.2) is 66.7 Å². The lowest BCUT2D eigenvalue weighted by atomic mass is 10.2. The molecule has 6 nitrogen and oxygen atoms in total. The Labute approximate surface area is 96.4 Å². The number of nitrogens with two attached hydrogens (primary N) is 1. The third kappa shape index (κ3) is 4.05. The number of likely N-dealkylation sites (tertiary alicyclic amines) is 1. The maximum Gasteiger partial charge on any atom is 0.235 e. The molecule has 1 fully saturated rings. The number of β-amino-alcohol motifs (C(OH)–C–C–N with tert-alkyl or cyclic N) is 1. The van der Waals surface area contributed by atoms with Crippen molar-refractivity contribution in [1.29, 1.82) is 0 Å². The maximum atomic E-state index is 11.0. The van der Waals surface area contributed by atoms with Gasteiger partial charge in [-0.1, -0.05) is 0 Å². The van der Waals surface area contributed by atoms with Crippen molar-refractivity contribution >= 4 is 5.91 Å². The number of aliphatic hydroxyl groups excluding tert-OH is 1. The van der Waals surface area contributed by atoms with Crippen molar-refractivity contribution in [3.8, 4) is 0 Å². The molecule has 0 aromatic carbocycles. The average molecular weight is 230 g/mol. The lowest BCUT2D eigenvalue weighted by molar-refractivity contribution is -0.121. The van der Waals surface area contributed by atoms with Crippen LogP contribution in [0.5, 0.6) is 0 Å². The fourth-order valence-corrected chi connectivity index (χ4v) is 2.16. The van der Waals surface area contributed by atoms with Crippen LogP contribution in [0.1, 0.15) is 12.8 Å². The van der Waals surface area contributed by atoms with Crippen LogP contribution < -0.4 is 11.3 Å². The smallest absolute Gasteiger partial charge is 0.235 e. The van der Waals surface area contributed by atoms with Gasteiger partial charge in [0.2, 0.25) is 5.91 Å². The van der Waals surface area contributed by atoms with Gasteiger partial charge < -0.3 is 10.0 Å². The highest BCUT2D eigenvalue weighted by Gasteiger charge is 2.30. The van der Waals surface area contributed by atoms with E-state index in [4.69, 9.17) is 5.84 Å². The van der Waals surface area contributed by atoms with Gasteiger partial charge in [-0.3, -0.25) is 15.1 Å². The third-order valence-electron chi connectivity index (χ3n) is 2.87. The Hall–Kier alpha value is -0.690. The number of aliphatic hydroxyl groups is 1. The number of amides is 1. The SMILES string of the molecule is CN(C)CC1CC(O)CN1CCC(=O)NN. The molecule has 0 aromatic heterocycles. The number of hydrogen-bond donors (Lipinski definition) is 3. The Morgan fingerprint density at radius 3 is 2.88 bits per heavy atom. The van der Waals surface area contributed by atoms with Crippen molar-refractivity contribution in [2.75, 3.05) is 33.7 Å². The van der Waals surface area contributed by atoms with Gasteiger partial charge in [-0.25, -0.2) is 5.84 Å². The zero-order valence-electron chi connectivity index (χ0n) is 10.0. The Balaban J connectivity index is 2.40. The van der Waals surface area contributed by atoms with Gasteiger partial charge in [-0.2, -0.15) is 0 Å². The molecule has 94 valence electrons. The van der Waals surface area contributed by atoms with Crippen LogP contribution in [0.4, 0.5) is 0 Å². The molecule has 2 unspecified atom stereocenters. The molecule has 1 rings (SSSR count). The maximum absolute atomic E-state index is 11.0. The van der Waals surface area contributed by atoms with Crippen molar-refractivity contribution in [3.63, 3.8) is 0 Å². The minimum atomic E-state index is -0.272. The molecule has 16 heavy (non-hydrogen) atoms. The fraction of sp³-hybridized carbons (Fsp3) is 0.900. The molecule has 1 saturated heterocycles. The Morgan fingerprint density at radius 1 is 1.62 bits per heavy atom. The molecule has 1 aliphatic rings. The van der Waals surface area contributed by atoms with Crippen molar-refractivity contribution in [3.05, 3.63) is 0 Å². The molecule has 2 atom stereocenters. The second kappa shape index (κ2) is 6.15. The van der Waals surface area contributed by atoms with Crippen LogP contribution in [-0.2, 0) is 4.79 Å². The molecule has 0 aliphatic carbocycles. The molecule has 0 radical (unpaired) electrons. The Kier molecular flexibility index (Phi) is 5.14. The predicted molar refractivity (Wildman–Crippen MR) is 61.5 cm³/mol.